The summed E-state index contributed by atoms with van der Waals surface area (Å²) >= 11 is 0. The Morgan fingerprint density at radius 1 is 0.947 bits per heavy atom. The van der Waals surface area contributed by atoms with Crippen LogP contribution in [0.25, 0.3) is 0 Å². The van der Waals surface area contributed by atoms with Crippen LogP contribution in [-0.4, -0.2) is 21.7 Å². The Kier molecular flexibility index (Phi) is 8.74. The molecule has 19 heavy (non-hydrogen) atoms. The summed E-state index contributed by atoms with van der Waals surface area (Å²) in [5, 5.41) is 7.57. The largest absolute Gasteiger partial charge is 0.397 e. The lowest BCUT2D eigenvalue weighted by molar-refractivity contribution is 0.318. The molecule has 0 bridgehead atoms. The molecule has 0 aliphatic rings. The molecule has 5 N–H and O–H groups in total. The molecule has 0 fully saturated rings. The molecule has 0 atom stereocenters. The first-order valence-corrected chi connectivity index (χ1v) is 5.97. The zero-order chi connectivity index (χ0) is 14.7. The number of hydrogen-bond donors (Lipinski definition) is 3. The molecule has 2 aromatic rings. The molecule has 0 amide bonds. The highest BCUT2D eigenvalue weighted by Gasteiger charge is 1.86. The van der Waals surface area contributed by atoms with Gasteiger partial charge in [-0.15, -0.1) is 0 Å². The van der Waals surface area contributed by atoms with Gasteiger partial charge in [0, 0.05) is 19.0 Å². The van der Waals surface area contributed by atoms with Crippen LogP contribution in [0.1, 0.15) is 18.3 Å². The van der Waals surface area contributed by atoms with Crippen LogP contribution in [0.3, 0.4) is 0 Å². The van der Waals surface area contributed by atoms with Gasteiger partial charge in [-0.05, 0) is 45.0 Å². The van der Waals surface area contributed by atoms with Crippen LogP contribution in [0.15, 0.2) is 36.7 Å². The van der Waals surface area contributed by atoms with Crippen molar-refractivity contribution in [3.8, 4) is 0 Å². The highest BCUT2D eigenvalue weighted by Crippen LogP contribution is 2.03. The van der Waals surface area contributed by atoms with Crippen LogP contribution in [0.5, 0.6) is 0 Å². The van der Waals surface area contributed by atoms with Crippen LogP contribution in [-0.2, 0) is 0 Å². The molecule has 0 radical (unpaired) electrons. The van der Waals surface area contributed by atoms with Crippen molar-refractivity contribution in [2.45, 2.75) is 20.8 Å². The molecule has 0 unspecified atom stereocenters. The Bertz CT molecular complexity index is 389. The van der Waals surface area contributed by atoms with Crippen LogP contribution in [0.4, 0.5) is 11.4 Å². The lowest BCUT2D eigenvalue weighted by Crippen LogP contribution is -1.89. The number of hydrogen-bond acceptors (Lipinski definition) is 5. The van der Waals surface area contributed by atoms with E-state index in [1.165, 1.54) is 0 Å². The standard InChI is InChI=1S/2C6H8N2.C2H6O/c2*1-5-6(7)3-2-4-8-5;1-2-3/h2*2-4H,7H2,1H3;3H,2H2,1H3. The highest BCUT2D eigenvalue weighted by molar-refractivity contribution is 5.41. The smallest absolute Gasteiger partial charge is 0.0601 e. The summed E-state index contributed by atoms with van der Waals surface area (Å²) in [4.78, 5) is 7.91. The van der Waals surface area contributed by atoms with Gasteiger partial charge in [-0.2, -0.15) is 0 Å². The average Bonchev–Trinajstić information content (AvgIpc) is 2.38. The fourth-order valence-corrected chi connectivity index (χ4v) is 0.993. The first-order chi connectivity index (χ1) is 9.02. The van der Waals surface area contributed by atoms with Gasteiger partial charge in [-0.1, -0.05) is 0 Å². The summed E-state index contributed by atoms with van der Waals surface area (Å²) in [7, 11) is 0. The molecule has 5 heteroatoms. The number of nitrogens with zero attached hydrogens (tertiary/aromatic N) is 2. The molecule has 0 saturated heterocycles. The van der Waals surface area contributed by atoms with Gasteiger partial charge in [0.25, 0.3) is 0 Å². The maximum absolute atomic E-state index is 7.57. The van der Waals surface area contributed by atoms with Gasteiger partial charge in [0.2, 0.25) is 0 Å². The molecule has 0 aliphatic heterocycles. The third kappa shape index (κ3) is 7.72. The van der Waals surface area contributed by atoms with Crippen LogP contribution in [0, 0.1) is 13.8 Å². The van der Waals surface area contributed by atoms with Gasteiger partial charge in [0.05, 0.1) is 22.8 Å². The Hall–Kier alpha value is -2.14. The summed E-state index contributed by atoms with van der Waals surface area (Å²) in [6.45, 7) is 5.70. The van der Waals surface area contributed by atoms with Crippen LogP contribution < -0.4 is 11.5 Å². The minimum absolute atomic E-state index is 0.250. The Labute approximate surface area is 114 Å². The molecule has 104 valence electrons. The van der Waals surface area contributed by atoms with E-state index >= 15 is 0 Å². The number of aryl methyl sites for hydroxylation is 2. The lowest BCUT2D eigenvalue weighted by Gasteiger charge is -1.92. The number of rotatable bonds is 0. The van der Waals surface area contributed by atoms with Gasteiger partial charge < -0.3 is 16.6 Å². The molecular formula is C14H22N4O. The Morgan fingerprint density at radius 3 is 1.42 bits per heavy atom. The molecular weight excluding hydrogens is 240 g/mol. The SMILES string of the molecule is CCO.Cc1ncccc1N.Cc1ncccc1N. The van der Waals surface area contributed by atoms with E-state index in [9.17, 15) is 0 Å². The maximum Gasteiger partial charge on any atom is 0.0601 e. The number of nitrogen functional groups attached to an aromatic ring is 2. The summed E-state index contributed by atoms with van der Waals surface area (Å²) in [5.74, 6) is 0. The number of aliphatic hydroxyl groups is 1. The van der Waals surface area contributed by atoms with Gasteiger partial charge in [0.15, 0.2) is 0 Å². The van der Waals surface area contributed by atoms with Crippen LogP contribution in [0.2, 0.25) is 0 Å². The number of anilines is 2. The van der Waals surface area contributed by atoms with E-state index < -0.39 is 0 Å². The Balaban J connectivity index is 0.000000284. The quantitative estimate of drug-likeness (QED) is 0.674. The van der Waals surface area contributed by atoms with Crippen molar-refractivity contribution >= 4 is 11.4 Å². The van der Waals surface area contributed by atoms with Crippen molar-refractivity contribution in [1.82, 2.24) is 9.97 Å². The number of nitrogens with two attached hydrogens (primary N) is 2. The fraction of sp³-hybridized carbons (Fsp3) is 0.286. The molecule has 2 heterocycles. The third-order valence-corrected chi connectivity index (χ3v) is 2.10. The van der Waals surface area contributed by atoms with Crippen molar-refractivity contribution in [2.75, 3.05) is 18.1 Å². The van der Waals surface area contributed by atoms with E-state index in [0.717, 1.165) is 22.8 Å². The predicted octanol–water partition coefficient (Wildman–Crippen LogP) is 1.94. The van der Waals surface area contributed by atoms with Gasteiger partial charge in [-0.25, -0.2) is 0 Å². The second-order valence-corrected chi connectivity index (χ2v) is 3.67. The predicted molar refractivity (Wildman–Crippen MR) is 79.5 cm³/mol. The second kappa shape index (κ2) is 9.85. The van der Waals surface area contributed by atoms with Gasteiger partial charge in [-0.3, -0.25) is 9.97 Å². The Morgan fingerprint density at radius 2 is 1.26 bits per heavy atom. The molecule has 0 aliphatic carbocycles. The first kappa shape index (κ1) is 16.9. The lowest BCUT2D eigenvalue weighted by atomic mass is 10.3. The van der Waals surface area contributed by atoms with Crippen molar-refractivity contribution < 1.29 is 5.11 Å². The molecule has 0 aromatic carbocycles. The van der Waals surface area contributed by atoms with E-state index in [0.29, 0.717) is 0 Å². The number of aliphatic hydroxyl groups excluding tert-OH is 1. The summed E-state index contributed by atoms with van der Waals surface area (Å²) in [5.41, 5.74) is 14.2. The third-order valence-electron chi connectivity index (χ3n) is 2.10. The van der Waals surface area contributed by atoms with Crippen molar-refractivity contribution in [3.05, 3.63) is 48.0 Å². The topological polar surface area (TPSA) is 98.0 Å². The van der Waals surface area contributed by atoms with Crippen LogP contribution >= 0.6 is 0 Å². The van der Waals surface area contributed by atoms with Gasteiger partial charge in [0.1, 0.15) is 0 Å². The van der Waals surface area contributed by atoms with Crippen molar-refractivity contribution in [1.29, 1.82) is 0 Å². The number of pyridine rings is 2. The second-order valence-electron chi connectivity index (χ2n) is 3.67. The maximum atomic E-state index is 7.57. The summed E-state index contributed by atoms with van der Waals surface area (Å²) in [6.07, 6.45) is 3.46. The van der Waals surface area contributed by atoms with E-state index in [2.05, 4.69) is 9.97 Å². The van der Waals surface area contributed by atoms with E-state index in [1.807, 2.05) is 38.1 Å². The highest BCUT2D eigenvalue weighted by atomic mass is 16.2. The van der Waals surface area contributed by atoms with Crippen molar-refractivity contribution in [2.24, 2.45) is 0 Å². The fourth-order valence-electron chi connectivity index (χ4n) is 0.993. The molecule has 2 aromatic heterocycles. The monoisotopic (exact) mass is 262 g/mol. The van der Waals surface area contributed by atoms with E-state index in [4.69, 9.17) is 16.6 Å². The molecule has 5 nitrogen and oxygen atoms in total. The average molecular weight is 262 g/mol. The molecule has 0 saturated carbocycles. The van der Waals surface area contributed by atoms with E-state index in [-0.39, 0.29) is 6.61 Å². The van der Waals surface area contributed by atoms with Gasteiger partial charge >= 0.3 is 0 Å². The first-order valence-electron chi connectivity index (χ1n) is 5.97. The summed E-state index contributed by atoms with van der Waals surface area (Å²) in [6, 6.07) is 7.31. The van der Waals surface area contributed by atoms with Crippen molar-refractivity contribution in [3.63, 3.8) is 0 Å². The molecule has 2 rings (SSSR count). The van der Waals surface area contributed by atoms with E-state index in [1.54, 1.807) is 19.3 Å². The number of aromatic nitrogens is 2. The minimum atomic E-state index is 0.250. The minimum Gasteiger partial charge on any atom is -0.397 e. The normalized spacial score (nSPS) is 8.63. The molecule has 0 spiro atoms. The zero-order valence-corrected chi connectivity index (χ0v) is 11.7. The zero-order valence-electron chi connectivity index (χ0n) is 11.7. The summed E-state index contributed by atoms with van der Waals surface area (Å²) < 4.78 is 0.